The van der Waals surface area contributed by atoms with Gasteiger partial charge in [-0.1, -0.05) is 87.6 Å². The third-order valence-electron chi connectivity index (χ3n) is 6.93. The molecule has 7 nitrogen and oxygen atoms in total. The second-order valence-electron chi connectivity index (χ2n) is 11.9. The summed E-state index contributed by atoms with van der Waals surface area (Å²) in [5, 5.41) is 13.1. The Morgan fingerprint density at radius 2 is 1.77 bits per heavy atom. The fourth-order valence-corrected chi connectivity index (χ4v) is 5.03. The van der Waals surface area contributed by atoms with Gasteiger partial charge in [0, 0.05) is 38.2 Å². The maximum atomic E-state index is 9.70. The molecule has 0 aliphatic rings. The highest BCUT2D eigenvalue weighted by atomic mass is 32.1. The number of benzene rings is 3. The summed E-state index contributed by atoms with van der Waals surface area (Å²) in [5.41, 5.74) is 18.5. The highest BCUT2D eigenvalue weighted by molar-refractivity contribution is 7.13. The Morgan fingerprint density at radius 1 is 1.09 bits per heavy atom. The molecule has 0 aliphatic heterocycles. The zero-order chi connectivity index (χ0) is 32.2. The van der Waals surface area contributed by atoms with Crippen molar-refractivity contribution in [1.82, 2.24) is 10.2 Å². The molecule has 230 valence electrons. The van der Waals surface area contributed by atoms with Crippen molar-refractivity contribution in [3.05, 3.63) is 95.0 Å². The summed E-state index contributed by atoms with van der Waals surface area (Å²) in [6, 6.07) is 21.4. The molecule has 0 aliphatic carbocycles. The largest absolute Gasteiger partial charge is 0.399 e. The number of hydrogen-bond donors (Lipinski definition) is 3. The second kappa shape index (κ2) is 16.5. The van der Waals surface area contributed by atoms with E-state index in [-0.39, 0.29) is 5.41 Å². The highest BCUT2D eigenvalue weighted by Gasteiger charge is 2.21. The van der Waals surface area contributed by atoms with Crippen LogP contribution in [0.15, 0.2) is 78.3 Å². The zero-order valence-electron chi connectivity index (χ0n) is 27.2. The molecule has 43 heavy (non-hydrogen) atoms. The number of nitrogen functional groups attached to an aromatic ring is 1. The standard InChI is InChI=1S/C19H23N.C13H22N2.C3H3N3OS/c1-14(2)15(3)12-16-8-10-17(11-9-16)18-6-5-7-19(13-18)20-4;1-9-7-10(14)8-11(15(5)6)12(9)13(2,3)4;7-1-4-3-6-5-2-8-3/h5-11,13,15,20H,1,12H2,2-4H3;7-8H,14H2,1-6H3;1-2H,(H,4,6,7). The van der Waals surface area contributed by atoms with E-state index in [0.29, 0.717) is 17.5 Å². The smallest absolute Gasteiger partial charge is 0.213 e. The van der Waals surface area contributed by atoms with Crippen molar-refractivity contribution in [2.45, 2.75) is 53.4 Å². The number of rotatable bonds is 8. The van der Waals surface area contributed by atoms with Gasteiger partial charge in [-0.25, -0.2) is 0 Å². The highest BCUT2D eigenvalue weighted by Crippen LogP contribution is 2.35. The average Bonchev–Trinajstić information content (AvgIpc) is 3.46. The first kappa shape index (κ1) is 35.0. The van der Waals surface area contributed by atoms with E-state index in [1.165, 1.54) is 50.4 Å². The van der Waals surface area contributed by atoms with Gasteiger partial charge in [0.05, 0.1) is 0 Å². The fraction of sp³-hybridized carbons (Fsp3) is 0.343. The van der Waals surface area contributed by atoms with Crippen molar-refractivity contribution in [2.75, 3.05) is 42.4 Å². The van der Waals surface area contributed by atoms with Crippen molar-refractivity contribution < 1.29 is 4.79 Å². The van der Waals surface area contributed by atoms with Crippen molar-refractivity contribution in [1.29, 1.82) is 0 Å². The van der Waals surface area contributed by atoms with E-state index >= 15 is 0 Å². The minimum Gasteiger partial charge on any atom is -0.399 e. The number of carbonyl (C=O) groups is 1. The van der Waals surface area contributed by atoms with Crippen LogP contribution in [-0.4, -0.2) is 37.8 Å². The Morgan fingerprint density at radius 3 is 2.28 bits per heavy atom. The van der Waals surface area contributed by atoms with E-state index in [9.17, 15) is 4.79 Å². The van der Waals surface area contributed by atoms with E-state index in [4.69, 9.17) is 5.73 Å². The van der Waals surface area contributed by atoms with Crippen LogP contribution in [0.3, 0.4) is 0 Å². The van der Waals surface area contributed by atoms with Crippen LogP contribution in [-0.2, 0) is 16.6 Å². The predicted octanol–water partition coefficient (Wildman–Crippen LogP) is 8.20. The molecule has 1 atom stereocenters. The quantitative estimate of drug-likeness (QED) is 0.107. The predicted molar refractivity (Wildman–Crippen MR) is 187 cm³/mol. The second-order valence-corrected chi connectivity index (χ2v) is 12.7. The third kappa shape index (κ3) is 11.2. The van der Waals surface area contributed by atoms with Crippen LogP contribution < -0.4 is 21.3 Å². The molecule has 0 bridgehead atoms. The molecule has 4 rings (SSSR count). The van der Waals surface area contributed by atoms with Crippen LogP contribution in [0.5, 0.6) is 0 Å². The lowest BCUT2D eigenvalue weighted by molar-refractivity contribution is -0.105. The Bertz CT molecular complexity index is 1440. The molecule has 1 amide bonds. The molecule has 1 heterocycles. The number of nitrogens with two attached hydrogens (primary N) is 1. The monoisotopic (exact) mass is 600 g/mol. The summed E-state index contributed by atoms with van der Waals surface area (Å²) < 4.78 is 0. The van der Waals surface area contributed by atoms with Gasteiger partial charge in [-0.15, -0.1) is 10.2 Å². The molecule has 1 unspecified atom stereocenters. The summed E-state index contributed by atoms with van der Waals surface area (Å²) in [6.07, 6.45) is 1.63. The summed E-state index contributed by atoms with van der Waals surface area (Å²) in [7, 11) is 6.06. The molecule has 0 spiro atoms. The normalized spacial score (nSPS) is 11.2. The molecular formula is C35H48N6OS. The van der Waals surface area contributed by atoms with Crippen LogP contribution in [0, 0.1) is 12.8 Å². The maximum Gasteiger partial charge on any atom is 0.213 e. The van der Waals surface area contributed by atoms with Gasteiger partial charge in [-0.05, 0) is 83.7 Å². The van der Waals surface area contributed by atoms with Gasteiger partial charge in [0.15, 0.2) is 0 Å². The summed E-state index contributed by atoms with van der Waals surface area (Å²) in [6.45, 7) is 17.2. The molecule has 0 saturated heterocycles. The number of aromatic nitrogens is 2. The minimum atomic E-state index is 0.150. The van der Waals surface area contributed by atoms with Gasteiger partial charge in [-0.3, -0.25) is 4.79 Å². The topological polar surface area (TPSA) is 96.2 Å². The number of carbonyl (C=O) groups excluding carboxylic acids is 1. The first-order valence-electron chi connectivity index (χ1n) is 14.3. The Hall–Kier alpha value is -4.17. The molecule has 3 aromatic carbocycles. The molecule has 4 aromatic rings. The number of amides is 1. The number of allylic oxidation sites excluding steroid dienone is 1. The van der Waals surface area contributed by atoms with E-state index < -0.39 is 0 Å². The first-order chi connectivity index (χ1) is 20.3. The van der Waals surface area contributed by atoms with Crippen LogP contribution in [0.25, 0.3) is 11.1 Å². The number of anilines is 4. The summed E-state index contributed by atoms with van der Waals surface area (Å²) in [5.74, 6) is 0.536. The van der Waals surface area contributed by atoms with Gasteiger partial charge in [0.1, 0.15) is 5.51 Å². The van der Waals surface area contributed by atoms with Crippen LogP contribution in [0.1, 0.15) is 51.3 Å². The molecular weight excluding hydrogens is 552 g/mol. The summed E-state index contributed by atoms with van der Waals surface area (Å²) in [4.78, 5) is 11.8. The van der Waals surface area contributed by atoms with Crippen molar-refractivity contribution in [3.63, 3.8) is 0 Å². The number of nitrogens with zero attached hydrogens (tertiary/aromatic N) is 3. The van der Waals surface area contributed by atoms with Gasteiger partial charge >= 0.3 is 0 Å². The van der Waals surface area contributed by atoms with E-state index in [1.54, 1.807) is 5.51 Å². The molecule has 0 fully saturated rings. The molecule has 8 heteroatoms. The van der Waals surface area contributed by atoms with E-state index in [0.717, 1.165) is 17.8 Å². The lowest BCUT2D eigenvalue weighted by Gasteiger charge is -2.29. The lowest BCUT2D eigenvalue weighted by atomic mass is 9.82. The maximum absolute atomic E-state index is 9.70. The SMILES string of the molecule is C=C(C)C(C)Cc1ccc(-c2cccc(NC)c2)cc1.Cc1cc(N)cc(N(C)C)c1C(C)(C)C.O=CNc1nncs1. The first-order valence-corrected chi connectivity index (χ1v) is 15.2. The number of aryl methyl sites for hydroxylation is 1. The Labute approximate surface area is 262 Å². The average molecular weight is 601 g/mol. The zero-order valence-corrected chi connectivity index (χ0v) is 28.0. The third-order valence-corrected chi connectivity index (χ3v) is 7.56. The Kier molecular flexibility index (Phi) is 13.4. The molecule has 0 radical (unpaired) electrons. The Balaban J connectivity index is 0.000000246. The van der Waals surface area contributed by atoms with E-state index in [1.807, 2.05) is 19.2 Å². The molecule has 4 N–H and O–H groups in total. The minimum absolute atomic E-state index is 0.150. The summed E-state index contributed by atoms with van der Waals surface area (Å²) >= 11 is 1.28. The number of hydrogen-bond acceptors (Lipinski definition) is 7. The van der Waals surface area contributed by atoms with Gasteiger partial charge < -0.3 is 21.3 Å². The van der Waals surface area contributed by atoms with Crippen LogP contribution in [0.4, 0.5) is 22.2 Å². The van der Waals surface area contributed by atoms with Gasteiger partial charge in [-0.2, -0.15) is 0 Å². The molecule has 1 aromatic heterocycles. The van der Waals surface area contributed by atoms with E-state index in [2.05, 4.69) is 136 Å². The number of nitrogens with one attached hydrogen (secondary N) is 2. The van der Waals surface area contributed by atoms with Crippen LogP contribution in [0.2, 0.25) is 0 Å². The van der Waals surface area contributed by atoms with Gasteiger partial charge in [0.2, 0.25) is 11.5 Å². The van der Waals surface area contributed by atoms with Crippen molar-refractivity contribution in [2.24, 2.45) is 5.92 Å². The van der Waals surface area contributed by atoms with Crippen LogP contribution >= 0.6 is 11.3 Å². The fourth-order valence-electron chi connectivity index (χ4n) is 4.63. The van der Waals surface area contributed by atoms with Crippen molar-refractivity contribution >= 4 is 39.9 Å². The molecule has 0 saturated carbocycles. The lowest BCUT2D eigenvalue weighted by Crippen LogP contribution is -2.21. The van der Waals surface area contributed by atoms with Crippen molar-refractivity contribution in [3.8, 4) is 11.1 Å². The van der Waals surface area contributed by atoms with Gasteiger partial charge in [0.25, 0.3) is 0 Å².